The van der Waals surface area contributed by atoms with Crippen LogP contribution in [0.5, 0.6) is 11.5 Å². The molecule has 2 aromatic heterocycles. The normalized spacial score (nSPS) is 18.6. The van der Waals surface area contributed by atoms with E-state index in [0.717, 1.165) is 0 Å². The first-order valence-electron chi connectivity index (χ1n) is 25.5. The molecule has 2 aromatic carbocycles. The van der Waals surface area contributed by atoms with Crippen LogP contribution in [0.15, 0.2) is 54.9 Å². The van der Waals surface area contributed by atoms with Crippen molar-refractivity contribution in [1.82, 2.24) is 63.1 Å². The number of aliphatic hydroxyl groups excluding tert-OH is 1. The summed E-state index contributed by atoms with van der Waals surface area (Å²) in [5, 5.41) is 62.3. The fourth-order valence-electron chi connectivity index (χ4n) is 7.54. The number of hydrogen-bond acceptors (Lipinski definition) is 19. The van der Waals surface area contributed by atoms with Gasteiger partial charge in [0.15, 0.2) is 10.3 Å². The van der Waals surface area contributed by atoms with E-state index in [9.17, 15) is 63.3 Å². The number of carbonyl (C=O) groups excluding carboxylic acids is 10. The van der Waals surface area contributed by atoms with Crippen molar-refractivity contribution in [3.63, 3.8) is 0 Å². The third kappa shape index (κ3) is 19.8. The number of rotatable bonds is 19. The molecule has 3 heterocycles. The molecule has 4 bridgehead atoms. The second kappa shape index (κ2) is 30.1. The maximum atomic E-state index is 14.0. The Morgan fingerprint density at radius 3 is 1.95 bits per heavy atom. The Morgan fingerprint density at radius 1 is 0.700 bits per heavy atom. The molecule has 5 rings (SSSR count). The SMILES string of the molecule is C[C@@H]1NC(=O)CNc2ncc(s2)Cc2cc(ccc2O)C[C@@H](C(=O)NCC(=O)N[C@@H](Cc2ccc(O)cc2)C(=O)N[C@@H](C)C(=O)N[C@@H](C)C(=O)N[C@@H](C)C(=O)NCCCNc2ncc(CO)s2)NC(=O)[C@H](C)NC(=O)[C@H](C)NC1=O. The zero-order valence-electron chi connectivity index (χ0n) is 44.8. The van der Waals surface area contributed by atoms with Gasteiger partial charge in [0.2, 0.25) is 59.1 Å². The fraction of sp³-hybridized carbons (Fsp3) is 0.451. The van der Waals surface area contributed by atoms with Gasteiger partial charge < -0.3 is 79.1 Å². The summed E-state index contributed by atoms with van der Waals surface area (Å²) in [6, 6.07) is 0.636. The zero-order chi connectivity index (χ0) is 58.6. The minimum absolute atomic E-state index is 0.0699. The highest BCUT2D eigenvalue weighted by atomic mass is 32.1. The molecule has 4 aromatic rings. The Balaban J connectivity index is 1.22. The molecule has 0 aliphatic carbocycles. The highest BCUT2D eigenvalue weighted by Gasteiger charge is 2.31. The van der Waals surface area contributed by atoms with E-state index in [1.165, 1.54) is 101 Å². The van der Waals surface area contributed by atoms with E-state index in [-0.39, 0.29) is 50.5 Å². The van der Waals surface area contributed by atoms with Gasteiger partial charge in [-0.25, -0.2) is 9.97 Å². The van der Waals surface area contributed by atoms with Crippen LogP contribution in [0.3, 0.4) is 0 Å². The van der Waals surface area contributed by atoms with Gasteiger partial charge in [0, 0.05) is 49.6 Å². The van der Waals surface area contributed by atoms with Gasteiger partial charge in [0.25, 0.3) is 0 Å². The number of nitrogens with one attached hydrogen (secondary N) is 12. The number of carbonyl (C=O) groups is 10. The zero-order valence-corrected chi connectivity index (χ0v) is 46.4. The lowest BCUT2D eigenvalue weighted by Crippen LogP contribution is -2.58. The molecule has 0 saturated heterocycles. The van der Waals surface area contributed by atoms with E-state index in [1.54, 1.807) is 18.5 Å². The molecule has 80 heavy (non-hydrogen) atoms. The molecule has 10 amide bonds. The third-order valence-electron chi connectivity index (χ3n) is 12.2. The van der Waals surface area contributed by atoms with Gasteiger partial charge in [0.05, 0.1) is 24.6 Å². The first-order valence-corrected chi connectivity index (χ1v) is 27.1. The van der Waals surface area contributed by atoms with Gasteiger partial charge >= 0.3 is 0 Å². The molecule has 8 atom stereocenters. The summed E-state index contributed by atoms with van der Waals surface area (Å²) >= 11 is 2.51. The van der Waals surface area contributed by atoms with Crippen molar-refractivity contribution in [3.05, 3.63) is 81.3 Å². The van der Waals surface area contributed by atoms with Crippen LogP contribution >= 0.6 is 22.7 Å². The number of phenolic OH excluding ortho intramolecular Hbond substituents is 2. The molecule has 0 fully saturated rings. The van der Waals surface area contributed by atoms with Gasteiger partial charge in [-0.15, -0.1) is 11.3 Å². The number of nitrogens with zero attached hydrogens (tertiary/aromatic N) is 2. The van der Waals surface area contributed by atoms with E-state index in [2.05, 4.69) is 73.8 Å². The van der Waals surface area contributed by atoms with Gasteiger partial charge in [-0.1, -0.05) is 35.6 Å². The highest BCUT2D eigenvalue weighted by molar-refractivity contribution is 7.15. The molecule has 29 heteroatoms. The molecular formula is C51H68N14O13S2. The van der Waals surface area contributed by atoms with Crippen LogP contribution < -0.4 is 63.8 Å². The van der Waals surface area contributed by atoms with Gasteiger partial charge in [0.1, 0.15) is 59.8 Å². The van der Waals surface area contributed by atoms with Gasteiger partial charge in [-0.2, -0.15) is 0 Å². The number of aromatic nitrogens is 2. The lowest BCUT2D eigenvalue weighted by atomic mass is 10.00. The molecule has 0 unspecified atom stereocenters. The smallest absolute Gasteiger partial charge is 0.243 e. The quantitative estimate of drug-likeness (QED) is 0.0453. The minimum Gasteiger partial charge on any atom is -0.508 e. The molecule has 27 nitrogen and oxygen atoms in total. The van der Waals surface area contributed by atoms with Crippen LogP contribution in [0, 0.1) is 0 Å². The Kier molecular flexibility index (Phi) is 23.5. The maximum Gasteiger partial charge on any atom is 0.243 e. The number of hydrogen-bond donors (Lipinski definition) is 15. The molecule has 1 aliphatic heterocycles. The first-order chi connectivity index (χ1) is 38.0. The Morgan fingerprint density at radius 2 is 1.31 bits per heavy atom. The lowest BCUT2D eigenvalue weighted by molar-refractivity contribution is -0.134. The summed E-state index contributed by atoms with van der Waals surface area (Å²) in [6.45, 7) is 8.03. The highest BCUT2D eigenvalue weighted by Crippen LogP contribution is 2.27. The number of amides is 10. The average Bonchev–Trinajstić information content (AvgIpc) is 4.09. The number of anilines is 2. The third-order valence-corrected chi connectivity index (χ3v) is 14.1. The van der Waals surface area contributed by atoms with Gasteiger partial charge in [-0.05, 0) is 82.9 Å². The van der Waals surface area contributed by atoms with Crippen LogP contribution in [0.2, 0.25) is 0 Å². The number of thiazole rings is 2. The van der Waals surface area contributed by atoms with Gasteiger partial charge in [-0.3, -0.25) is 47.9 Å². The van der Waals surface area contributed by atoms with E-state index in [0.29, 0.717) is 49.7 Å². The predicted octanol–water partition coefficient (Wildman–Crippen LogP) is -1.96. The van der Waals surface area contributed by atoms with E-state index in [1.807, 2.05) is 0 Å². The van der Waals surface area contributed by atoms with Crippen molar-refractivity contribution < 1.29 is 63.3 Å². The van der Waals surface area contributed by atoms with E-state index in [4.69, 9.17) is 0 Å². The van der Waals surface area contributed by atoms with Crippen molar-refractivity contribution >= 4 is 92.0 Å². The van der Waals surface area contributed by atoms with Crippen molar-refractivity contribution in [1.29, 1.82) is 0 Å². The predicted molar refractivity (Wildman–Crippen MR) is 294 cm³/mol. The van der Waals surface area contributed by atoms with Crippen LogP contribution in [-0.4, -0.2) is 159 Å². The standard InChI is InChI=1S/C51H68N14O13S2/c1-25(42(71)52-14-7-15-53-50-56-21-36(24-66)80-50)59-44(73)27(3)61-46(75)29(5)63-49(78)38(17-31-8-11-34(67)12-9-31)64-41(70)22-54-48(77)37-18-32-10-13-39(68)33(16-32)19-35-20-55-51(79-35)57-23-40(69)58-26(2)43(72)60-28(4)45(74)62-30(6)47(76)65-37/h8-13,16,20-21,25-30,37-38,66-68H,7,14-15,17-19,22-24H2,1-6H3,(H,52,71)(H,53,56)(H,54,77)(H,55,57)(H,58,69)(H,59,73)(H,60,72)(H,61,75)(H,62,74)(H,63,78)(H,64,70)(H,65,76)/t25-,26-,27-,28-,29-,30-,37-,38-/m0/s1. The first kappa shape index (κ1) is 62.4. The van der Waals surface area contributed by atoms with Crippen molar-refractivity contribution in [2.45, 2.75) is 122 Å². The lowest BCUT2D eigenvalue weighted by Gasteiger charge is -2.24. The van der Waals surface area contributed by atoms with E-state index >= 15 is 0 Å². The molecule has 0 saturated carbocycles. The summed E-state index contributed by atoms with van der Waals surface area (Å²) in [7, 11) is 0. The Bertz CT molecular complexity index is 2870. The summed E-state index contributed by atoms with van der Waals surface area (Å²) in [5.74, 6) is -7.47. The average molecular weight is 1150 g/mol. The molecule has 15 N–H and O–H groups in total. The Hall–Kier alpha value is -8.44. The summed E-state index contributed by atoms with van der Waals surface area (Å²) in [5.41, 5.74) is 1.37. The fourth-order valence-corrected chi connectivity index (χ4v) is 9.07. The second-order valence-electron chi connectivity index (χ2n) is 18.9. The van der Waals surface area contributed by atoms with Crippen LogP contribution in [0.25, 0.3) is 0 Å². The largest absolute Gasteiger partial charge is 0.508 e. The monoisotopic (exact) mass is 1150 g/mol. The number of fused-ring (bicyclic) bond motifs is 4. The van der Waals surface area contributed by atoms with Crippen LogP contribution in [0.4, 0.5) is 10.3 Å². The topological polar surface area (TPSA) is 402 Å². The van der Waals surface area contributed by atoms with Crippen molar-refractivity contribution in [3.8, 4) is 11.5 Å². The molecule has 0 spiro atoms. The van der Waals surface area contributed by atoms with Crippen LogP contribution in [0.1, 0.15) is 74.4 Å². The summed E-state index contributed by atoms with van der Waals surface area (Å²) < 4.78 is 0. The summed E-state index contributed by atoms with van der Waals surface area (Å²) in [6.07, 6.45) is 3.48. The van der Waals surface area contributed by atoms with Crippen molar-refractivity contribution in [2.24, 2.45) is 0 Å². The van der Waals surface area contributed by atoms with Crippen LogP contribution in [-0.2, 0) is 73.8 Å². The number of aromatic hydroxyl groups is 2. The maximum absolute atomic E-state index is 14.0. The molecule has 0 radical (unpaired) electrons. The molecule has 432 valence electrons. The minimum atomic E-state index is -1.40. The van der Waals surface area contributed by atoms with E-state index < -0.39 is 114 Å². The number of phenols is 2. The molecule has 1 aliphatic rings. The van der Waals surface area contributed by atoms with Crippen molar-refractivity contribution in [2.75, 3.05) is 36.8 Å². The summed E-state index contributed by atoms with van der Waals surface area (Å²) in [4.78, 5) is 143. The number of benzene rings is 2. The molecular weight excluding hydrogens is 1080 g/mol. The second-order valence-corrected chi connectivity index (χ2v) is 21.1. The number of aliphatic hydroxyl groups is 1. The Labute approximate surface area is 468 Å².